The number of aliphatic hydroxyl groups excluding tert-OH is 1. The first-order valence-corrected chi connectivity index (χ1v) is 4.64. The van der Waals surface area contributed by atoms with Gasteiger partial charge >= 0.3 is 6.18 Å². The summed E-state index contributed by atoms with van der Waals surface area (Å²) in [6.07, 6.45) is -1.08. The Labute approximate surface area is 97.1 Å². The quantitative estimate of drug-likeness (QED) is 0.579. The van der Waals surface area contributed by atoms with Crippen LogP contribution in [-0.2, 0) is 4.74 Å². The van der Waals surface area contributed by atoms with E-state index < -0.39 is 18.9 Å². The van der Waals surface area contributed by atoms with Crippen molar-refractivity contribution in [1.82, 2.24) is 0 Å². The molecule has 17 heavy (non-hydrogen) atoms. The van der Waals surface area contributed by atoms with Crippen molar-refractivity contribution in [2.24, 2.45) is 0 Å². The normalized spacial score (nSPS) is 13.8. The van der Waals surface area contributed by atoms with E-state index in [1.165, 1.54) is 18.2 Å². The Morgan fingerprint density at radius 1 is 1.47 bits per heavy atom. The third-order valence-corrected chi connectivity index (χ3v) is 1.54. The zero-order valence-electron chi connectivity index (χ0n) is 8.94. The Hall–Kier alpha value is -1.74. The third kappa shape index (κ3) is 8.11. The molecule has 0 aromatic heterocycles. The Morgan fingerprint density at radius 2 is 2.12 bits per heavy atom. The molecule has 0 radical (unpaired) electrons. The average Bonchev–Trinajstić information content (AvgIpc) is 2.24. The molecule has 3 nitrogen and oxygen atoms in total. The zero-order chi connectivity index (χ0) is 13.3. The van der Waals surface area contributed by atoms with Gasteiger partial charge < -0.3 is 9.84 Å². The number of ether oxygens (including phenoxy) is 1. The summed E-state index contributed by atoms with van der Waals surface area (Å²) >= 11 is 0. The van der Waals surface area contributed by atoms with Crippen LogP contribution in [0.5, 0.6) is 0 Å². The van der Waals surface area contributed by atoms with Crippen molar-refractivity contribution in [3.8, 4) is 6.07 Å². The lowest BCUT2D eigenvalue weighted by molar-refractivity contribution is -0.214. The van der Waals surface area contributed by atoms with Crippen LogP contribution in [0.2, 0.25) is 0 Å². The fourth-order valence-corrected chi connectivity index (χ4v) is 0.691. The molecular weight excluding hydrogens is 235 g/mol. The largest absolute Gasteiger partial charge is 0.491 e. The van der Waals surface area contributed by atoms with Gasteiger partial charge in [0.1, 0.15) is 12.4 Å². The summed E-state index contributed by atoms with van der Waals surface area (Å²) in [6, 6.07) is 1.88. The Morgan fingerprint density at radius 3 is 2.65 bits per heavy atom. The molecule has 0 saturated heterocycles. The summed E-state index contributed by atoms with van der Waals surface area (Å²) in [5.41, 5.74) is 0. The second-order valence-electron chi connectivity index (χ2n) is 2.98. The molecule has 1 unspecified atom stereocenters. The lowest BCUT2D eigenvalue weighted by Gasteiger charge is -2.14. The van der Waals surface area contributed by atoms with Crippen LogP contribution < -0.4 is 0 Å². The smallest absolute Gasteiger partial charge is 0.417 e. The summed E-state index contributed by atoms with van der Waals surface area (Å²) < 4.78 is 40.2. The van der Waals surface area contributed by atoms with Crippen molar-refractivity contribution in [3.05, 3.63) is 36.6 Å². The standard InChI is InChI=1S/C11H12F3NO2/c1-9(6-4-2-3-5-7-15)17-8-10(16)11(12,13)14/h2-4,6,10,16H,1,5,8H2/b3-2-,6-4-. The number of alkyl halides is 3. The zero-order valence-corrected chi connectivity index (χ0v) is 8.94. The predicted octanol–water partition coefficient (Wildman–Crippen LogP) is 2.47. The maximum absolute atomic E-state index is 11.9. The van der Waals surface area contributed by atoms with Crippen molar-refractivity contribution in [2.75, 3.05) is 6.61 Å². The molecule has 0 bridgehead atoms. The van der Waals surface area contributed by atoms with Crippen LogP contribution in [0.1, 0.15) is 6.42 Å². The lowest BCUT2D eigenvalue weighted by Crippen LogP contribution is -2.32. The number of aliphatic hydroxyl groups is 1. The molecule has 0 spiro atoms. The molecule has 0 heterocycles. The molecule has 94 valence electrons. The van der Waals surface area contributed by atoms with E-state index in [-0.39, 0.29) is 12.2 Å². The first kappa shape index (κ1) is 15.3. The molecule has 1 atom stereocenters. The van der Waals surface area contributed by atoms with Gasteiger partial charge in [0.15, 0.2) is 6.10 Å². The van der Waals surface area contributed by atoms with E-state index in [2.05, 4.69) is 11.3 Å². The minimum atomic E-state index is -4.70. The van der Waals surface area contributed by atoms with E-state index in [0.717, 1.165) is 0 Å². The van der Waals surface area contributed by atoms with Gasteiger partial charge in [-0.05, 0) is 6.08 Å². The van der Waals surface area contributed by atoms with E-state index in [9.17, 15) is 13.2 Å². The van der Waals surface area contributed by atoms with Crippen LogP contribution in [0.25, 0.3) is 0 Å². The highest BCUT2D eigenvalue weighted by Gasteiger charge is 2.38. The first-order chi connectivity index (χ1) is 7.88. The van der Waals surface area contributed by atoms with Crippen LogP contribution in [0.3, 0.4) is 0 Å². The summed E-state index contributed by atoms with van der Waals surface area (Å²) in [7, 11) is 0. The van der Waals surface area contributed by atoms with E-state index >= 15 is 0 Å². The topological polar surface area (TPSA) is 53.2 Å². The van der Waals surface area contributed by atoms with Crippen molar-refractivity contribution in [1.29, 1.82) is 5.26 Å². The van der Waals surface area contributed by atoms with Gasteiger partial charge in [-0.1, -0.05) is 24.8 Å². The summed E-state index contributed by atoms with van der Waals surface area (Å²) in [5.74, 6) is -0.00472. The molecule has 0 amide bonds. The van der Waals surface area contributed by atoms with E-state index in [1.807, 2.05) is 6.07 Å². The molecule has 1 N–H and O–H groups in total. The predicted molar refractivity (Wildman–Crippen MR) is 55.7 cm³/mol. The highest BCUT2D eigenvalue weighted by atomic mass is 19.4. The van der Waals surface area contributed by atoms with Gasteiger partial charge in [-0.2, -0.15) is 18.4 Å². The summed E-state index contributed by atoms with van der Waals surface area (Å²) in [6.45, 7) is 2.45. The molecule has 6 heteroatoms. The highest BCUT2D eigenvalue weighted by molar-refractivity contribution is 5.14. The van der Waals surface area contributed by atoms with E-state index in [1.54, 1.807) is 6.08 Å². The molecule has 0 aliphatic rings. The molecule has 0 aliphatic carbocycles. The van der Waals surface area contributed by atoms with Crippen LogP contribution in [0, 0.1) is 11.3 Å². The molecular formula is C11H12F3NO2. The van der Waals surface area contributed by atoms with Gasteiger partial charge in [-0.15, -0.1) is 0 Å². The van der Waals surface area contributed by atoms with Gasteiger partial charge in [0.2, 0.25) is 0 Å². The molecule has 0 fully saturated rings. The fourth-order valence-electron chi connectivity index (χ4n) is 0.691. The number of allylic oxidation sites excluding steroid dienone is 4. The maximum atomic E-state index is 11.9. The van der Waals surface area contributed by atoms with Crippen molar-refractivity contribution < 1.29 is 23.0 Å². The number of nitriles is 1. The summed E-state index contributed by atoms with van der Waals surface area (Å²) in [5, 5.41) is 16.8. The number of hydrogen-bond donors (Lipinski definition) is 1. The van der Waals surface area contributed by atoms with Crippen LogP contribution in [0.15, 0.2) is 36.6 Å². The minimum absolute atomic E-state index is 0.00472. The Balaban J connectivity index is 3.93. The molecule has 0 aromatic rings. The monoisotopic (exact) mass is 247 g/mol. The van der Waals surface area contributed by atoms with Gasteiger partial charge in [-0.3, -0.25) is 0 Å². The number of hydrogen-bond acceptors (Lipinski definition) is 3. The summed E-state index contributed by atoms with van der Waals surface area (Å²) in [4.78, 5) is 0. The van der Waals surface area contributed by atoms with Crippen LogP contribution in [-0.4, -0.2) is 24.0 Å². The van der Waals surface area contributed by atoms with Gasteiger partial charge in [-0.25, -0.2) is 0 Å². The van der Waals surface area contributed by atoms with Crippen molar-refractivity contribution in [3.63, 3.8) is 0 Å². The fraction of sp³-hybridized carbons (Fsp3) is 0.364. The Kier molecular flexibility index (Phi) is 6.75. The number of rotatable bonds is 6. The second-order valence-corrected chi connectivity index (χ2v) is 2.98. The number of halogens is 3. The van der Waals surface area contributed by atoms with Gasteiger partial charge in [0, 0.05) is 0 Å². The maximum Gasteiger partial charge on any atom is 0.417 e. The minimum Gasteiger partial charge on any atom is -0.491 e. The van der Waals surface area contributed by atoms with Gasteiger partial charge in [0.25, 0.3) is 0 Å². The van der Waals surface area contributed by atoms with Crippen LogP contribution in [0.4, 0.5) is 13.2 Å². The second kappa shape index (κ2) is 7.52. The van der Waals surface area contributed by atoms with Gasteiger partial charge in [0.05, 0.1) is 12.5 Å². The van der Waals surface area contributed by atoms with Crippen molar-refractivity contribution in [2.45, 2.75) is 18.7 Å². The number of nitrogens with zero attached hydrogens (tertiary/aromatic N) is 1. The van der Waals surface area contributed by atoms with E-state index in [4.69, 9.17) is 10.4 Å². The molecule has 0 aromatic carbocycles. The first-order valence-electron chi connectivity index (χ1n) is 4.64. The lowest BCUT2D eigenvalue weighted by atomic mass is 10.3. The highest BCUT2D eigenvalue weighted by Crippen LogP contribution is 2.20. The van der Waals surface area contributed by atoms with Crippen molar-refractivity contribution >= 4 is 0 Å². The molecule has 0 saturated carbocycles. The third-order valence-electron chi connectivity index (χ3n) is 1.54. The molecule has 0 rings (SSSR count). The molecule has 0 aliphatic heterocycles. The van der Waals surface area contributed by atoms with E-state index in [0.29, 0.717) is 0 Å². The average molecular weight is 247 g/mol. The SMILES string of the molecule is C=C(/C=C\C=C/CC#N)OCC(O)C(F)(F)F. The Bertz CT molecular complexity index is 340. The van der Waals surface area contributed by atoms with Crippen LogP contribution >= 0.6 is 0 Å².